The van der Waals surface area contributed by atoms with E-state index in [1.54, 1.807) is 74.9 Å². The van der Waals surface area contributed by atoms with Gasteiger partial charge in [0.1, 0.15) is 46.1 Å². The first-order chi connectivity index (χ1) is 49.0. The molecule has 0 aromatic carbocycles. The standard InChI is InChI=1S/C25H24N8O.C18H20BN5O2.C13H16ClN3O.C13H8F3N5O3S.3CH4/c1-31-13-18(10-29-31)16-4-21(24-17(8-26)9-30-32(24)14-16)22-11-28-23(12-27-22)33-19-2-15-3-20(33)7-25(34,5-15)6-19;1-17(2)18(3,4)26-19(25-17)15-6-12(14-9-21-23(5)10-14)11-24-16(15)13(7-20)8-22-24;14-11-6-16-12(7-15-11)17-9-1-8-2-10(17)5-13(18,3-8)4-9;1-20-6-10(5-18-20)8-2-11(24-25(22,23)13(14,15)16)12-9(3-17)4-19-21(12)7-8;;;/h4,9-15,19-20,34H,2-3,5-7H2,1H3;6,8-11H,1-5H3;6-10,18H,1-5H2;2,4-7H,1H3;3*1H4. The molecule has 20 rings (SSSR count). The van der Waals surface area contributed by atoms with Gasteiger partial charge in [-0.25, -0.2) is 28.5 Å². The van der Waals surface area contributed by atoms with Gasteiger partial charge >= 0.3 is 22.7 Å². The Hall–Kier alpha value is -10.3. The van der Waals surface area contributed by atoms with E-state index < -0.39 is 50.9 Å². The van der Waals surface area contributed by atoms with Crippen molar-refractivity contribution in [3.63, 3.8) is 0 Å². The van der Waals surface area contributed by atoms with Crippen LogP contribution in [-0.2, 0) is 40.6 Å². The van der Waals surface area contributed by atoms with Gasteiger partial charge in [0.25, 0.3) is 0 Å². The molecule has 4 unspecified atom stereocenters. The number of halogens is 4. The van der Waals surface area contributed by atoms with Gasteiger partial charge in [-0.2, -0.15) is 68.0 Å². The molecule has 106 heavy (non-hydrogen) atoms. The Kier molecular flexibility index (Phi) is 19.8. The number of hydrogen-bond acceptors (Lipinski definition) is 22. The highest BCUT2D eigenvalue weighted by Gasteiger charge is 2.57. The molecule has 34 heteroatoms. The van der Waals surface area contributed by atoms with Gasteiger partial charge in [-0.3, -0.25) is 19.0 Å². The lowest BCUT2D eigenvalue weighted by Crippen LogP contribution is -2.64. The second-order valence-corrected chi connectivity index (χ2v) is 30.7. The van der Waals surface area contributed by atoms with Gasteiger partial charge in [-0.05, 0) is 116 Å². The fourth-order valence-corrected chi connectivity index (χ4v) is 16.9. The van der Waals surface area contributed by atoms with Gasteiger partial charge < -0.3 is 33.5 Å². The second kappa shape index (κ2) is 27.9. The summed E-state index contributed by atoms with van der Waals surface area (Å²) in [5.41, 5.74) is 1.53. The second-order valence-electron chi connectivity index (χ2n) is 28.8. The van der Waals surface area contributed by atoms with Crippen molar-refractivity contribution in [2.45, 2.75) is 166 Å². The molecular formula is C72H80BClF3N21O7S. The summed E-state index contributed by atoms with van der Waals surface area (Å²) in [6.07, 6.45) is 36.9. The summed E-state index contributed by atoms with van der Waals surface area (Å²) in [6.45, 7) is 8.04. The van der Waals surface area contributed by atoms with Crippen LogP contribution in [0.3, 0.4) is 0 Å². The van der Waals surface area contributed by atoms with Gasteiger partial charge in [0, 0.05) is 127 Å². The van der Waals surface area contributed by atoms with Crippen LogP contribution in [0.2, 0.25) is 5.15 Å². The molecule has 9 fully saturated rings. The molecule has 4 aliphatic carbocycles. The van der Waals surface area contributed by atoms with Gasteiger partial charge in [0.2, 0.25) is 0 Å². The molecule has 16 heterocycles. The fraction of sp³-hybridized carbons (Fsp3) is 0.431. The lowest BCUT2D eigenvalue weighted by atomic mass is 9.61. The number of aromatic nitrogens is 16. The quantitative estimate of drug-likeness (QED) is 0.0770. The number of aryl methyl sites for hydroxylation is 3. The number of rotatable bonds is 9. The van der Waals surface area contributed by atoms with Crippen LogP contribution in [0, 0.1) is 45.8 Å². The first-order valence-corrected chi connectivity index (χ1v) is 35.1. The van der Waals surface area contributed by atoms with Crippen molar-refractivity contribution in [1.82, 2.24) is 78.1 Å². The van der Waals surface area contributed by atoms with Crippen LogP contribution in [0.4, 0.5) is 24.8 Å². The molecule has 9 aliphatic rings. The molecule has 8 bridgehead atoms. The highest BCUT2D eigenvalue weighted by Crippen LogP contribution is 2.54. The topological polar surface area (TPSA) is 337 Å². The Morgan fingerprint density at radius 3 is 1.33 bits per heavy atom. The summed E-state index contributed by atoms with van der Waals surface area (Å²) in [7, 11) is -1.10. The molecule has 11 aromatic heterocycles. The number of pyridine rings is 3. The van der Waals surface area contributed by atoms with Gasteiger partial charge in [-0.1, -0.05) is 39.9 Å². The Balaban J connectivity index is 0.000000134. The number of fused-ring (bicyclic) bond motifs is 3. The Labute approximate surface area is 615 Å². The first-order valence-electron chi connectivity index (χ1n) is 33.4. The molecule has 11 aromatic rings. The molecule has 0 spiro atoms. The van der Waals surface area contributed by atoms with Crippen molar-refractivity contribution in [2.75, 3.05) is 9.80 Å². The van der Waals surface area contributed by atoms with E-state index in [4.69, 9.17) is 36.1 Å². The first kappa shape index (κ1) is 75.4. The van der Waals surface area contributed by atoms with Crippen molar-refractivity contribution < 1.29 is 45.3 Å². The molecule has 0 radical (unpaired) electrons. The molecule has 5 saturated heterocycles. The minimum Gasteiger partial charge on any atom is -0.399 e. The van der Waals surface area contributed by atoms with Crippen molar-refractivity contribution in [2.24, 2.45) is 33.0 Å². The number of nitriles is 3. The van der Waals surface area contributed by atoms with Crippen LogP contribution in [0.1, 0.15) is 131 Å². The average Bonchev–Trinajstić information content (AvgIpc) is 1.03. The average molecular weight is 1490 g/mol. The van der Waals surface area contributed by atoms with Crippen molar-refractivity contribution in [3.8, 4) is 68.6 Å². The zero-order valence-corrected chi connectivity index (χ0v) is 58.4. The lowest BCUT2D eigenvalue weighted by molar-refractivity contribution is -0.0877. The van der Waals surface area contributed by atoms with E-state index in [9.17, 15) is 42.3 Å². The molecule has 4 saturated carbocycles. The van der Waals surface area contributed by atoms with E-state index in [1.807, 2.05) is 91.1 Å². The van der Waals surface area contributed by atoms with Crippen LogP contribution in [0.25, 0.3) is 61.2 Å². The fourth-order valence-electron chi connectivity index (χ4n) is 16.3. The third-order valence-electron chi connectivity index (χ3n) is 21.1. The summed E-state index contributed by atoms with van der Waals surface area (Å²) < 4.78 is 86.8. The van der Waals surface area contributed by atoms with Crippen LogP contribution < -0.4 is 19.4 Å². The third-order valence-corrected chi connectivity index (χ3v) is 22.3. The van der Waals surface area contributed by atoms with E-state index in [1.165, 1.54) is 29.9 Å². The lowest BCUT2D eigenvalue weighted by Gasteiger charge is -2.60. The number of alkyl halides is 3. The third kappa shape index (κ3) is 13.9. The number of aliphatic hydroxyl groups is 2. The number of hydrogen-bond donors (Lipinski definition) is 2. The normalized spacial score (nSPS) is 23.2. The summed E-state index contributed by atoms with van der Waals surface area (Å²) in [4.78, 5) is 22.9. The van der Waals surface area contributed by atoms with Crippen LogP contribution >= 0.6 is 11.6 Å². The highest BCUT2D eigenvalue weighted by molar-refractivity contribution is 7.88. The summed E-state index contributed by atoms with van der Waals surface area (Å²) in [5, 5.41) is 75.1. The Morgan fingerprint density at radius 1 is 0.528 bits per heavy atom. The van der Waals surface area contributed by atoms with Gasteiger partial charge in [0.05, 0.1) is 112 Å². The van der Waals surface area contributed by atoms with Crippen molar-refractivity contribution in [3.05, 3.63) is 139 Å². The zero-order valence-electron chi connectivity index (χ0n) is 56.8. The SMILES string of the molecule is C.C.C.Cn1cc(-c2cc(-c3cnc(N4C5CC6CC4CC(O)(C6)C5)cn3)c3c(C#N)cnn3c2)cn1.Cn1cc(-c2cc(B3OC(C)(C)C(C)(C)O3)c3c(C#N)cnn3c2)cn1.Cn1cc(-c2cc(OS(=O)(=O)C(F)(F)F)c3c(C#N)cnn3c2)cn1.OC12CC3CC(C1)N(c1cnc(Cl)cn1)C(C3)C2. The molecule has 28 nitrogen and oxygen atoms in total. The van der Waals surface area contributed by atoms with Gasteiger partial charge in [0.15, 0.2) is 5.75 Å². The molecule has 0 amide bonds. The maximum atomic E-state index is 12.6. The summed E-state index contributed by atoms with van der Waals surface area (Å²) >= 11 is 5.79. The number of piperidine rings is 4. The molecule has 4 atom stereocenters. The largest absolute Gasteiger partial charge is 0.534 e. The Bertz CT molecular complexity index is 5340. The highest BCUT2D eigenvalue weighted by atomic mass is 35.5. The smallest absolute Gasteiger partial charge is 0.399 e. The predicted molar refractivity (Wildman–Crippen MR) is 389 cm³/mol. The van der Waals surface area contributed by atoms with E-state index in [-0.39, 0.29) is 33.4 Å². The Morgan fingerprint density at radius 2 is 0.934 bits per heavy atom. The van der Waals surface area contributed by atoms with Crippen molar-refractivity contribution >= 4 is 62.5 Å². The minimum atomic E-state index is -5.91. The van der Waals surface area contributed by atoms with E-state index in [2.05, 4.69) is 66.7 Å². The molecular weight excluding hydrogens is 1410 g/mol. The van der Waals surface area contributed by atoms with Gasteiger partial charge in [-0.15, -0.1) is 0 Å². The van der Waals surface area contributed by atoms with Crippen LogP contribution in [0.15, 0.2) is 117 Å². The summed E-state index contributed by atoms with van der Waals surface area (Å²) in [5.74, 6) is 2.45. The molecule has 2 N–H and O–H groups in total. The minimum absolute atomic E-state index is 0. The molecule has 5 aliphatic heterocycles. The number of nitrogens with zero attached hydrogens (tertiary/aromatic N) is 21. The maximum Gasteiger partial charge on any atom is 0.534 e. The summed E-state index contributed by atoms with van der Waals surface area (Å²) in [6, 6.07) is 12.8. The maximum absolute atomic E-state index is 12.6. The number of anilines is 2. The van der Waals surface area contributed by atoms with E-state index in [0.717, 1.165) is 113 Å². The van der Waals surface area contributed by atoms with E-state index in [0.29, 0.717) is 80.1 Å². The van der Waals surface area contributed by atoms with Crippen molar-refractivity contribution in [1.29, 1.82) is 15.8 Å². The monoisotopic (exact) mass is 1490 g/mol. The van der Waals surface area contributed by atoms with Crippen LogP contribution in [-0.4, -0.2) is 156 Å². The zero-order chi connectivity index (χ0) is 72.4. The molecule has 552 valence electrons. The van der Waals surface area contributed by atoms with E-state index >= 15 is 0 Å². The predicted octanol–water partition coefficient (Wildman–Crippen LogP) is 10.6. The van der Waals surface area contributed by atoms with Crippen LogP contribution in [0.5, 0.6) is 5.75 Å².